The van der Waals surface area contributed by atoms with Crippen molar-refractivity contribution in [2.45, 2.75) is 33.3 Å². The number of nitrogens with zero attached hydrogens (tertiary/aromatic N) is 1. The molecule has 1 unspecified atom stereocenters. The van der Waals surface area contributed by atoms with Crippen LogP contribution in [0.1, 0.15) is 27.2 Å². The van der Waals surface area contributed by atoms with E-state index in [0.29, 0.717) is 6.54 Å². The first-order valence-corrected chi connectivity index (χ1v) is 4.46. The van der Waals surface area contributed by atoms with Crippen molar-refractivity contribution in [3.05, 3.63) is 0 Å². The van der Waals surface area contributed by atoms with Crippen molar-refractivity contribution in [1.82, 2.24) is 4.90 Å². The molecule has 1 saturated heterocycles. The summed E-state index contributed by atoms with van der Waals surface area (Å²) in [7, 11) is 0. The highest BCUT2D eigenvalue weighted by molar-refractivity contribution is 5.84. The molecule has 1 fully saturated rings. The standard InChI is InChI=1S/C9H17NO2/c1-4-5-10-6-9(2,3)7(11)8(10)12/h7,11H,4-6H2,1-3H3. The van der Waals surface area contributed by atoms with Gasteiger partial charge in [0.15, 0.2) is 0 Å². The highest BCUT2D eigenvalue weighted by atomic mass is 16.3. The average molecular weight is 171 g/mol. The van der Waals surface area contributed by atoms with Gasteiger partial charge in [0.25, 0.3) is 5.91 Å². The van der Waals surface area contributed by atoms with Gasteiger partial charge in [-0.05, 0) is 6.42 Å². The summed E-state index contributed by atoms with van der Waals surface area (Å²) < 4.78 is 0. The van der Waals surface area contributed by atoms with Gasteiger partial charge in [0, 0.05) is 18.5 Å². The van der Waals surface area contributed by atoms with Gasteiger partial charge in [-0.15, -0.1) is 0 Å². The Morgan fingerprint density at radius 3 is 2.58 bits per heavy atom. The number of carbonyl (C=O) groups excluding carboxylic acids is 1. The lowest BCUT2D eigenvalue weighted by Crippen LogP contribution is -2.31. The molecule has 0 aromatic rings. The van der Waals surface area contributed by atoms with Crippen molar-refractivity contribution in [1.29, 1.82) is 0 Å². The minimum absolute atomic E-state index is 0.109. The molecule has 12 heavy (non-hydrogen) atoms. The molecule has 1 aliphatic rings. The first-order valence-electron chi connectivity index (χ1n) is 4.46. The molecule has 70 valence electrons. The predicted octanol–water partition coefficient (Wildman–Crippen LogP) is 0.626. The van der Waals surface area contributed by atoms with Gasteiger partial charge in [0.05, 0.1) is 0 Å². The Hall–Kier alpha value is -0.570. The molecule has 0 saturated carbocycles. The first-order chi connectivity index (χ1) is 5.49. The van der Waals surface area contributed by atoms with Crippen LogP contribution in [-0.2, 0) is 4.79 Å². The number of rotatable bonds is 2. The fraction of sp³-hybridized carbons (Fsp3) is 0.889. The molecular formula is C9H17NO2. The van der Waals surface area contributed by atoms with Gasteiger partial charge in [0.2, 0.25) is 0 Å². The molecule has 0 aromatic heterocycles. The Bertz CT molecular complexity index is 189. The maximum atomic E-state index is 11.4. The zero-order valence-corrected chi connectivity index (χ0v) is 8.00. The predicted molar refractivity (Wildman–Crippen MR) is 46.7 cm³/mol. The number of carbonyl (C=O) groups is 1. The van der Waals surface area contributed by atoms with Crippen LogP contribution in [0.4, 0.5) is 0 Å². The van der Waals surface area contributed by atoms with Crippen molar-refractivity contribution in [2.24, 2.45) is 5.41 Å². The molecule has 1 rings (SSSR count). The monoisotopic (exact) mass is 171 g/mol. The molecule has 1 aliphatic heterocycles. The van der Waals surface area contributed by atoms with Crippen molar-refractivity contribution in [2.75, 3.05) is 13.1 Å². The Morgan fingerprint density at radius 1 is 1.67 bits per heavy atom. The summed E-state index contributed by atoms with van der Waals surface area (Å²) in [4.78, 5) is 13.1. The maximum Gasteiger partial charge on any atom is 0.252 e. The van der Waals surface area contributed by atoms with E-state index in [-0.39, 0.29) is 11.3 Å². The second-order valence-electron chi connectivity index (χ2n) is 4.15. The van der Waals surface area contributed by atoms with E-state index < -0.39 is 6.10 Å². The molecule has 1 N–H and O–H groups in total. The molecule has 1 amide bonds. The molecule has 0 aliphatic carbocycles. The molecule has 0 aromatic carbocycles. The normalized spacial score (nSPS) is 28.2. The average Bonchev–Trinajstić information content (AvgIpc) is 2.16. The smallest absolute Gasteiger partial charge is 0.252 e. The first kappa shape index (κ1) is 9.52. The number of hydrogen-bond donors (Lipinski definition) is 1. The lowest BCUT2D eigenvalue weighted by atomic mass is 9.90. The van der Waals surface area contributed by atoms with Crippen LogP contribution < -0.4 is 0 Å². The maximum absolute atomic E-state index is 11.4. The van der Waals surface area contributed by atoms with Crippen LogP contribution in [0.3, 0.4) is 0 Å². The Kier molecular flexibility index (Phi) is 2.42. The van der Waals surface area contributed by atoms with Crippen LogP contribution >= 0.6 is 0 Å². The van der Waals surface area contributed by atoms with Gasteiger partial charge in [-0.25, -0.2) is 0 Å². The molecule has 1 atom stereocenters. The largest absolute Gasteiger partial charge is 0.383 e. The van der Waals surface area contributed by atoms with Crippen molar-refractivity contribution in [3.8, 4) is 0 Å². The van der Waals surface area contributed by atoms with Gasteiger partial charge >= 0.3 is 0 Å². The number of likely N-dealkylation sites (tertiary alicyclic amines) is 1. The fourth-order valence-corrected chi connectivity index (χ4v) is 1.62. The number of hydrogen-bond acceptors (Lipinski definition) is 2. The van der Waals surface area contributed by atoms with Crippen LogP contribution in [0, 0.1) is 5.41 Å². The summed E-state index contributed by atoms with van der Waals surface area (Å²) in [5.41, 5.74) is -0.272. The molecule has 3 nitrogen and oxygen atoms in total. The minimum atomic E-state index is -0.802. The third-order valence-electron chi connectivity index (χ3n) is 2.38. The molecule has 0 spiro atoms. The van der Waals surface area contributed by atoms with Gasteiger partial charge in [-0.1, -0.05) is 20.8 Å². The third-order valence-corrected chi connectivity index (χ3v) is 2.38. The summed E-state index contributed by atoms with van der Waals surface area (Å²) in [6.07, 6.45) is 0.151. The highest BCUT2D eigenvalue weighted by Crippen LogP contribution is 2.30. The van der Waals surface area contributed by atoms with Crippen molar-refractivity contribution in [3.63, 3.8) is 0 Å². The summed E-state index contributed by atoms with van der Waals surface area (Å²) in [6.45, 7) is 7.32. The zero-order chi connectivity index (χ0) is 9.35. The molecule has 3 heteroatoms. The van der Waals surface area contributed by atoms with E-state index in [0.717, 1.165) is 13.0 Å². The molecular weight excluding hydrogens is 154 g/mol. The quantitative estimate of drug-likeness (QED) is 0.662. The van der Waals surface area contributed by atoms with Gasteiger partial charge in [0.1, 0.15) is 6.10 Å². The van der Waals surface area contributed by atoms with E-state index in [2.05, 4.69) is 0 Å². The zero-order valence-electron chi connectivity index (χ0n) is 8.00. The van der Waals surface area contributed by atoms with Crippen LogP contribution in [0.25, 0.3) is 0 Å². The summed E-state index contributed by atoms with van der Waals surface area (Å²) >= 11 is 0. The number of aliphatic hydroxyl groups is 1. The summed E-state index contributed by atoms with van der Waals surface area (Å²) in [5, 5.41) is 9.53. The lowest BCUT2D eigenvalue weighted by Gasteiger charge is -2.19. The van der Waals surface area contributed by atoms with Gasteiger partial charge in [-0.3, -0.25) is 4.79 Å². The van der Waals surface area contributed by atoms with E-state index >= 15 is 0 Å². The fourth-order valence-electron chi connectivity index (χ4n) is 1.62. The van der Waals surface area contributed by atoms with E-state index in [1.807, 2.05) is 20.8 Å². The molecule has 0 bridgehead atoms. The topological polar surface area (TPSA) is 40.5 Å². The molecule has 0 radical (unpaired) electrons. The van der Waals surface area contributed by atoms with E-state index in [9.17, 15) is 9.90 Å². The third kappa shape index (κ3) is 1.46. The summed E-state index contributed by atoms with van der Waals surface area (Å²) in [5.74, 6) is -0.109. The Balaban J connectivity index is 2.68. The van der Waals surface area contributed by atoms with Crippen molar-refractivity contribution < 1.29 is 9.90 Å². The van der Waals surface area contributed by atoms with Gasteiger partial charge in [-0.2, -0.15) is 0 Å². The van der Waals surface area contributed by atoms with Crippen LogP contribution in [0.2, 0.25) is 0 Å². The summed E-state index contributed by atoms with van der Waals surface area (Å²) in [6, 6.07) is 0. The second-order valence-corrected chi connectivity index (χ2v) is 4.15. The van der Waals surface area contributed by atoms with Crippen LogP contribution in [-0.4, -0.2) is 35.1 Å². The lowest BCUT2D eigenvalue weighted by molar-refractivity contribution is -0.135. The SMILES string of the molecule is CCCN1CC(C)(C)C(O)C1=O. The van der Waals surface area contributed by atoms with Crippen LogP contribution in [0.15, 0.2) is 0 Å². The Morgan fingerprint density at radius 2 is 2.25 bits per heavy atom. The van der Waals surface area contributed by atoms with Crippen LogP contribution in [0.5, 0.6) is 0 Å². The van der Waals surface area contributed by atoms with E-state index in [1.165, 1.54) is 0 Å². The minimum Gasteiger partial charge on any atom is -0.383 e. The number of aliphatic hydroxyl groups excluding tert-OH is 1. The second kappa shape index (κ2) is 3.05. The number of amides is 1. The van der Waals surface area contributed by atoms with E-state index in [4.69, 9.17) is 0 Å². The Labute approximate surface area is 73.4 Å². The highest BCUT2D eigenvalue weighted by Gasteiger charge is 2.44. The van der Waals surface area contributed by atoms with Gasteiger partial charge < -0.3 is 10.0 Å². The molecule has 1 heterocycles. The van der Waals surface area contributed by atoms with E-state index in [1.54, 1.807) is 4.90 Å². The van der Waals surface area contributed by atoms with Crippen molar-refractivity contribution >= 4 is 5.91 Å².